The summed E-state index contributed by atoms with van der Waals surface area (Å²) in [6, 6.07) is 0. The van der Waals surface area contributed by atoms with Gasteiger partial charge in [0, 0.05) is 25.0 Å². The Bertz CT molecular complexity index is 172. The Morgan fingerprint density at radius 2 is 2.00 bits per heavy atom. The molecule has 2 aliphatic heterocycles. The van der Waals surface area contributed by atoms with E-state index in [2.05, 4.69) is 27.8 Å². The molecule has 0 aliphatic carbocycles. The fraction of sp³-hybridized carbons (Fsp3) is 1.00. The highest BCUT2D eigenvalue weighted by Gasteiger charge is 2.33. The second kappa shape index (κ2) is 4.95. The van der Waals surface area contributed by atoms with Gasteiger partial charge in [-0.3, -0.25) is 4.90 Å². The molecule has 2 heterocycles. The summed E-state index contributed by atoms with van der Waals surface area (Å²) in [5.74, 6) is 0.812. The number of nitrogens with zero attached hydrogens (tertiary/aromatic N) is 1. The third-order valence-electron chi connectivity index (χ3n) is 3.43. The van der Waals surface area contributed by atoms with Crippen molar-refractivity contribution >= 4 is 15.9 Å². The van der Waals surface area contributed by atoms with Crippen molar-refractivity contribution in [2.45, 2.75) is 38.4 Å². The molecule has 3 heteroatoms. The van der Waals surface area contributed by atoms with Crippen molar-refractivity contribution in [1.82, 2.24) is 4.90 Å². The first-order valence-electron chi connectivity index (χ1n) is 5.75. The van der Waals surface area contributed by atoms with E-state index in [1.807, 2.05) is 0 Å². The van der Waals surface area contributed by atoms with Crippen molar-refractivity contribution in [3.63, 3.8) is 0 Å². The van der Waals surface area contributed by atoms with E-state index in [1.54, 1.807) is 0 Å². The van der Waals surface area contributed by atoms with E-state index < -0.39 is 0 Å². The molecular weight excluding hydrogens is 242 g/mol. The number of fused-ring (bicyclic) bond motifs is 2. The smallest absolute Gasteiger partial charge is 0.0707 e. The average molecular weight is 262 g/mol. The maximum atomic E-state index is 5.82. The molecule has 82 valence electrons. The van der Waals surface area contributed by atoms with E-state index in [1.165, 1.54) is 38.9 Å². The van der Waals surface area contributed by atoms with E-state index >= 15 is 0 Å². The highest BCUT2D eigenvalue weighted by atomic mass is 79.9. The standard InChI is InChI=1S/C11H20BrNO/c1-2-9(5-12)6-13-7-10-3-4-11(8-13)14-10/h9-11H,2-8H2,1H3. The van der Waals surface area contributed by atoms with Crippen molar-refractivity contribution in [2.24, 2.45) is 5.92 Å². The number of rotatable bonds is 4. The molecule has 0 N–H and O–H groups in total. The summed E-state index contributed by atoms with van der Waals surface area (Å²) in [5, 5.41) is 1.14. The van der Waals surface area contributed by atoms with Gasteiger partial charge in [0.2, 0.25) is 0 Å². The number of ether oxygens (including phenoxy) is 1. The van der Waals surface area contributed by atoms with Gasteiger partial charge in [0.1, 0.15) is 0 Å². The van der Waals surface area contributed by atoms with Crippen LogP contribution in [0.4, 0.5) is 0 Å². The molecule has 0 amide bonds. The molecule has 0 aromatic rings. The Hall–Kier alpha value is 0.400. The first kappa shape index (κ1) is 10.9. The molecule has 14 heavy (non-hydrogen) atoms. The normalized spacial score (nSPS) is 34.7. The summed E-state index contributed by atoms with van der Waals surface area (Å²) in [7, 11) is 0. The lowest BCUT2D eigenvalue weighted by Crippen LogP contribution is -2.44. The Kier molecular flexibility index (Phi) is 3.86. The third-order valence-corrected chi connectivity index (χ3v) is 4.35. The Balaban J connectivity index is 1.81. The predicted octanol–water partition coefficient (Wildman–Crippen LogP) is 2.27. The lowest BCUT2D eigenvalue weighted by molar-refractivity contribution is -0.0417. The number of halogens is 1. The van der Waals surface area contributed by atoms with E-state index in [4.69, 9.17) is 4.74 Å². The zero-order valence-corrected chi connectivity index (χ0v) is 10.5. The van der Waals surface area contributed by atoms with Gasteiger partial charge in [-0.05, 0) is 18.8 Å². The number of alkyl halides is 1. The van der Waals surface area contributed by atoms with Gasteiger partial charge in [0.15, 0.2) is 0 Å². The summed E-state index contributed by atoms with van der Waals surface area (Å²) in [6.45, 7) is 5.86. The Morgan fingerprint density at radius 3 is 2.50 bits per heavy atom. The van der Waals surface area contributed by atoms with E-state index in [9.17, 15) is 0 Å². The van der Waals surface area contributed by atoms with Crippen LogP contribution in [0.5, 0.6) is 0 Å². The van der Waals surface area contributed by atoms with Crippen LogP contribution in [0.2, 0.25) is 0 Å². The molecule has 0 aromatic carbocycles. The molecule has 0 radical (unpaired) electrons. The first-order valence-corrected chi connectivity index (χ1v) is 6.87. The molecule has 0 aromatic heterocycles. The minimum Gasteiger partial charge on any atom is -0.372 e. The minimum atomic E-state index is 0.543. The van der Waals surface area contributed by atoms with Crippen LogP contribution in [-0.4, -0.2) is 42.1 Å². The molecule has 2 fully saturated rings. The maximum Gasteiger partial charge on any atom is 0.0707 e. The molecule has 2 aliphatic rings. The van der Waals surface area contributed by atoms with Crippen LogP contribution in [0.25, 0.3) is 0 Å². The van der Waals surface area contributed by atoms with Crippen LogP contribution in [0.3, 0.4) is 0 Å². The molecule has 2 saturated heterocycles. The Labute approximate surface area is 95.1 Å². The van der Waals surface area contributed by atoms with Crippen molar-refractivity contribution in [1.29, 1.82) is 0 Å². The van der Waals surface area contributed by atoms with Crippen LogP contribution in [0, 0.1) is 5.92 Å². The zero-order valence-electron chi connectivity index (χ0n) is 8.92. The number of hydrogen-bond donors (Lipinski definition) is 0. The monoisotopic (exact) mass is 261 g/mol. The van der Waals surface area contributed by atoms with Gasteiger partial charge in [-0.15, -0.1) is 0 Å². The number of morpholine rings is 1. The van der Waals surface area contributed by atoms with Gasteiger partial charge < -0.3 is 4.74 Å². The molecule has 2 nitrogen and oxygen atoms in total. The van der Waals surface area contributed by atoms with Crippen molar-refractivity contribution < 1.29 is 4.74 Å². The fourth-order valence-corrected chi connectivity index (χ4v) is 3.16. The summed E-state index contributed by atoms with van der Waals surface area (Å²) in [5.41, 5.74) is 0. The van der Waals surface area contributed by atoms with Crippen LogP contribution < -0.4 is 0 Å². The van der Waals surface area contributed by atoms with E-state index in [-0.39, 0.29) is 0 Å². The molecular formula is C11H20BrNO. The van der Waals surface area contributed by atoms with E-state index in [0.717, 1.165) is 11.2 Å². The van der Waals surface area contributed by atoms with Crippen LogP contribution in [0.15, 0.2) is 0 Å². The fourth-order valence-electron chi connectivity index (χ4n) is 2.50. The SMILES string of the molecule is CCC(CBr)CN1CC2CCC(C1)O2. The summed E-state index contributed by atoms with van der Waals surface area (Å²) >= 11 is 3.59. The molecule has 2 rings (SSSR count). The van der Waals surface area contributed by atoms with Gasteiger partial charge in [-0.1, -0.05) is 29.3 Å². The Morgan fingerprint density at radius 1 is 1.36 bits per heavy atom. The van der Waals surface area contributed by atoms with Gasteiger partial charge in [-0.2, -0.15) is 0 Å². The van der Waals surface area contributed by atoms with Crippen LogP contribution >= 0.6 is 15.9 Å². The van der Waals surface area contributed by atoms with Gasteiger partial charge >= 0.3 is 0 Å². The highest BCUT2D eigenvalue weighted by molar-refractivity contribution is 9.09. The van der Waals surface area contributed by atoms with Crippen molar-refractivity contribution in [3.05, 3.63) is 0 Å². The summed E-state index contributed by atoms with van der Waals surface area (Å²) in [6.07, 6.45) is 4.93. The second-order valence-electron chi connectivity index (χ2n) is 4.60. The largest absolute Gasteiger partial charge is 0.372 e. The maximum absolute atomic E-state index is 5.82. The third kappa shape index (κ3) is 2.50. The predicted molar refractivity (Wildman–Crippen MR) is 61.9 cm³/mol. The van der Waals surface area contributed by atoms with Gasteiger partial charge in [-0.25, -0.2) is 0 Å². The molecule has 3 atom stereocenters. The number of hydrogen-bond acceptors (Lipinski definition) is 2. The van der Waals surface area contributed by atoms with Gasteiger partial charge in [0.05, 0.1) is 12.2 Å². The highest BCUT2D eigenvalue weighted by Crippen LogP contribution is 2.27. The summed E-state index contributed by atoms with van der Waals surface area (Å²) < 4.78 is 5.82. The average Bonchev–Trinajstić information content (AvgIpc) is 2.55. The quantitative estimate of drug-likeness (QED) is 0.721. The summed E-state index contributed by atoms with van der Waals surface area (Å²) in [4.78, 5) is 2.60. The van der Waals surface area contributed by atoms with Crippen LogP contribution in [0.1, 0.15) is 26.2 Å². The minimum absolute atomic E-state index is 0.543. The zero-order chi connectivity index (χ0) is 9.97. The lowest BCUT2D eigenvalue weighted by Gasteiger charge is -2.34. The van der Waals surface area contributed by atoms with Gasteiger partial charge in [0.25, 0.3) is 0 Å². The van der Waals surface area contributed by atoms with Crippen molar-refractivity contribution in [2.75, 3.05) is 25.0 Å². The number of likely N-dealkylation sites (tertiary alicyclic amines) is 1. The second-order valence-corrected chi connectivity index (χ2v) is 5.25. The topological polar surface area (TPSA) is 12.5 Å². The van der Waals surface area contributed by atoms with E-state index in [0.29, 0.717) is 12.2 Å². The van der Waals surface area contributed by atoms with Crippen LogP contribution in [-0.2, 0) is 4.74 Å². The first-order chi connectivity index (χ1) is 6.81. The molecule has 3 unspecified atom stereocenters. The molecule has 0 spiro atoms. The van der Waals surface area contributed by atoms with Crippen molar-refractivity contribution in [3.8, 4) is 0 Å². The molecule has 0 saturated carbocycles. The molecule has 2 bridgehead atoms. The lowest BCUT2D eigenvalue weighted by atomic mass is 10.1.